The Labute approximate surface area is 131 Å². The van der Waals surface area contributed by atoms with Gasteiger partial charge in [-0.1, -0.05) is 95.0 Å². The first kappa shape index (κ1) is 17.8. The molecule has 0 atom stereocenters. The van der Waals surface area contributed by atoms with E-state index in [9.17, 15) is 0 Å². The molecule has 0 unspecified atom stereocenters. The van der Waals surface area contributed by atoms with Crippen LogP contribution in [0.3, 0.4) is 0 Å². The quantitative estimate of drug-likeness (QED) is 0.449. The van der Waals surface area contributed by atoms with E-state index in [2.05, 4.69) is 37.3 Å². The molecule has 0 amide bonds. The summed E-state index contributed by atoms with van der Waals surface area (Å²) in [6.45, 7) is 2.28. The maximum Gasteiger partial charge on any atom is 0.00864 e. The predicted octanol–water partition coefficient (Wildman–Crippen LogP) is 6.30. The second kappa shape index (κ2) is 12.5. The number of hydrogen-bond donors (Lipinski definition) is 1. The Kier molecular flexibility index (Phi) is 10.6. The Morgan fingerprint density at radius 3 is 1.90 bits per heavy atom. The molecule has 0 heterocycles. The van der Waals surface area contributed by atoms with Gasteiger partial charge in [0.1, 0.15) is 0 Å². The van der Waals surface area contributed by atoms with Gasteiger partial charge in [-0.3, -0.25) is 0 Å². The van der Waals surface area contributed by atoms with E-state index in [1.807, 2.05) is 6.07 Å². The molecule has 0 aliphatic rings. The summed E-state index contributed by atoms with van der Waals surface area (Å²) in [4.78, 5) is 0. The standard InChI is InChI=1S/C20H33N/c1-2-3-4-5-6-7-8-9-10-14-17-20(21)18-19-15-12-11-13-16-19/h11-13,15-16,18H,2-10,14,17,21H2,1H3. The third-order valence-electron chi connectivity index (χ3n) is 3.97. The first-order valence-electron chi connectivity index (χ1n) is 8.84. The van der Waals surface area contributed by atoms with Crippen molar-refractivity contribution < 1.29 is 0 Å². The van der Waals surface area contributed by atoms with Crippen molar-refractivity contribution in [1.82, 2.24) is 0 Å². The molecule has 1 nitrogen and oxygen atoms in total. The van der Waals surface area contributed by atoms with Crippen LogP contribution in [0.5, 0.6) is 0 Å². The van der Waals surface area contributed by atoms with Crippen molar-refractivity contribution in [3.8, 4) is 0 Å². The fourth-order valence-corrected chi connectivity index (χ4v) is 2.65. The summed E-state index contributed by atoms with van der Waals surface area (Å²) in [5, 5.41) is 0. The molecule has 2 N–H and O–H groups in total. The molecule has 1 aromatic carbocycles. The number of benzene rings is 1. The highest BCUT2D eigenvalue weighted by Crippen LogP contribution is 2.13. The van der Waals surface area contributed by atoms with E-state index < -0.39 is 0 Å². The topological polar surface area (TPSA) is 26.0 Å². The molecule has 1 aromatic rings. The van der Waals surface area contributed by atoms with Crippen molar-refractivity contribution in [3.05, 3.63) is 41.6 Å². The van der Waals surface area contributed by atoms with Crippen LogP contribution in [0.15, 0.2) is 36.0 Å². The summed E-state index contributed by atoms with van der Waals surface area (Å²) in [6, 6.07) is 10.4. The lowest BCUT2D eigenvalue weighted by Crippen LogP contribution is -1.96. The first-order valence-corrected chi connectivity index (χ1v) is 8.84. The average molecular weight is 287 g/mol. The molecule has 0 saturated carbocycles. The maximum absolute atomic E-state index is 6.08. The summed E-state index contributed by atoms with van der Waals surface area (Å²) in [5.74, 6) is 0. The summed E-state index contributed by atoms with van der Waals surface area (Å²) in [5.41, 5.74) is 8.30. The van der Waals surface area contributed by atoms with Gasteiger partial charge in [-0.25, -0.2) is 0 Å². The van der Waals surface area contributed by atoms with Crippen LogP contribution < -0.4 is 5.73 Å². The molecule has 21 heavy (non-hydrogen) atoms. The molecular formula is C20H33N. The van der Waals surface area contributed by atoms with E-state index in [0.717, 1.165) is 12.1 Å². The predicted molar refractivity (Wildman–Crippen MR) is 95.1 cm³/mol. The van der Waals surface area contributed by atoms with Crippen LogP contribution >= 0.6 is 0 Å². The molecule has 0 fully saturated rings. The van der Waals surface area contributed by atoms with E-state index in [-0.39, 0.29) is 0 Å². The van der Waals surface area contributed by atoms with Crippen molar-refractivity contribution in [2.24, 2.45) is 5.73 Å². The lowest BCUT2D eigenvalue weighted by atomic mass is 10.0. The van der Waals surface area contributed by atoms with Gasteiger partial charge >= 0.3 is 0 Å². The zero-order chi connectivity index (χ0) is 15.2. The molecular weight excluding hydrogens is 254 g/mol. The summed E-state index contributed by atoms with van der Waals surface area (Å²) >= 11 is 0. The second-order valence-corrected chi connectivity index (χ2v) is 6.06. The smallest absolute Gasteiger partial charge is 0.00864 e. The molecule has 1 rings (SSSR count). The van der Waals surface area contributed by atoms with Gasteiger partial charge in [-0.15, -0.1) is 0 Å². The summed E-state index contributed by atoms with van der Waals surface area (Å²) < 4.78 is 0. The van der Waals surface area contributed by atoms with E-state index in [4.69, 9.17) is 5.73 Å². The van der Waals surface area contributed by atoms with Crippen LogP contribution in [0.2, 0.25) is 0 Å². The molecule has 0 spiro atoms. The first-order chi connectivity index (χ1) is 10.3. The van der Waals surface area contributed by atoms with Gasteiger partial charge < -0.3 is 5.73 Å². The Bertz CT molecular complexity index is 367. The van der Waals surface area contributed by atoms with Gasteiger partial charge in [0, 0.05) is 5.70 Å². The average Bonchev–Trinajstić information content (AvgIpc) is 2.50. The van der Waals surface area contributed by atoms with Gasteiger partial charge in [0.2, 0.25) is 0 Å². The van der Waals surface area contributed by atoms with Crippen LogP contribution in [-0.2, 0) is 0 Å². The van der Waals surface area contributed by atoms with E-state index in [0.29, 0.717) is 0 Å². The molecule has 0 aliphatic carbocycles. The summed E-state index contributed by atoms with van der Waals surface area (Å²) in [6.07, 6.45) is 16.9. The molecule has 0 bridgehead atoms. The third kappa shape index (κ3) is 10.2. The van der Waals surface area contributed by atoms with Crippen molar-refractivity contribution in [2.45, 2.75) is 77.6 Å². The number of hydrogen-bond acceptors (Lipinski definition) is 1. The van der Waals surface area contributed by atoms with Gasteiger partial charge in [-0.2, -0.15) is 0 Å². The van der Waals surface area contributed by atoms with E-state index >= 15 is 0 Å². The molecule has 0 radical (unpaired) electrons. The molecule has 1 heteroatoms. The Morgan fingerprint density at radius 2 is 1.33 bits per heavy atom. The number of unbranched alkanes of at least 4 members (excludes halogenated alkanes) is 9. The zero-order valence-electron chi connectivity index (χ0n) is 13.8. The van der Waals surface area contributed by atoms with Crippen LogP contribution in [0.25, 0.3) is 6.08 Å². The summed E-state index contributed by atoms with van der Waals surface area (Å²) in [7, 11) is 0. The van der Waals surface area contributed by atoms with E-state index in [1.165, 1.54) is 69.8 Å². The highest BCUT2D eigenvalue weighted by Gasteiger charge is 1.95. The molecule has 0 aromatic heterocycles. The van der Waals surface area contributed by atoms with Gasteiger partial charge in [0.15, 0.2) is 0 Å². The van der Waals surface area contributed by atoms with Crippen molar-refractivity contribution in [2.75, 3.05) is 0 Å². The van der Waals surface area contributed by atoms with Gasteiger partial charge in [0.05, 0.1) is 0 Å². The van der Waals surface area contributed by atoms with Crippen molar-refractivity contribution in [3.63, 3.8) is 0 Å². The minimum atomic E-state index is 1.01. The normalized spacial score (nSPS) is 11.8. The Balaban J connectivity index is 1.95. The highest BCUT2D eigenvalue weighted by atomic mass is 14.6. The lowest BCUT2D eigenvalue weighted by Gasteiger charge is -2.03. The second-order valence-electron chi connectivity index (χ2n) is 6.06. The van der Waals surface area contributed by atoms with Crippen LogP contribution in [0, 0.1) is 0 Å². The third-order valence-corrected chi connectivity index (χ3v) is 3.97. The van der Waals surface area contributed by atoms with Gasteiger partial charge in [0.25, 0.3) is 0 Å². The highest BCUT2D eigenvalue weighted by molar-refractivity contribution is 5.51. The van der Waals surface area contributed by atoms with Crippen LogP contribution in [0.1, 0.15) is 83.1 Å². The van der Waals surface area contributed by atoms with Crippen LogP contribution in [-0.4, -0.2) is 0 Å². The van der Waals surface area contributed by atoms with Crippen LogP contribution in [0.4, 0.5) is 0 Å². The Morgan fingerprint density at radius 1 is 0.810 bits per heavy atom. The van der Waals surface area contributed by atoms with Gasteiger partial charge in [-0.05, 0) is 24.5 Å². The van der Waals surface area contributed by atoms with Crippen molar-refractivity contribution >= 4 is 6.08 Å². The largest absolute Gasteiger partial charge is 0.402 e. The number of allylic oxidation sites excluding steroid dienone is 1. The molecule has 118 valence electrons. The minimum Gasteiger partial charge on any atom is -0.402 e. The Hall–Kier alpha value is -1.24. The van der Waals surface area contributed by atoms with E-state index in [1.54, 1.807) is 0 Å². The fourth-order valence-electron chi connectivity index (χ4n) is 2.65. The number of nitrogens with two attached hydrogens (primary N) is 1. The monoisotopic (exact) mass is 287 g/mol. The van der Waals surface area contributed by atoms with Crippen molar-refractivity contribution in [1.29, 1.82) is 0 Å². The molecule has 0 aliphatic heterocycles. The molecule has 0 saturated heterocycles. The lowest BCUT2D eigenvalue weighted by molar-refractivity contribution is 0.556. The minimum absolute atomic E-state index is 1.01. The fraction of sp³-hybridized carbons (Fsp3) is 0.600. The zero-order valence-corrected chi connectivity index (χ0v) is 13.8. The SMILES string of the molecule is CCCCCCCCCCCCC(N)=Cc1ccccc1. The maximum atomic E-state index is 6.08. The number of rotatable bonds is 12.